The van der Waals surface area contributed by atoms with Crippen molar-refractivity contribution < 1.29 is 18.0 Å². The smallest absolute Gasteiger partial charge is 0.255 e. The zero-order valence-corrected chi connectivity index (χ0v) is 17.6. The maximum absolute atomic E-state index is 12.9. The van der Waals surface area contributed by atoms with Crippen LogP contribution < -0.4 is 10.6 Å². The second kappa shape index (κ2) is 8.46. The molecule has 1 aromatic heterocycles. The van der Waals surface area contributed by atoms with Crippen molar-refractivity contribution in [2.24, 2.45) is 0 Å². The van der Waals surface area contributed by atoms with Gasteiger partial charge in [-0.1, -0.05) is 17.7 Å². The Bertz CT molecular complexity index is 1250. The van der Waals surface area contributed by atoms with E-state index in [1.54, 1.807) is 18.2 Å². The number of carbonyl (C=O) groups excluding carboxylic acids is 2. The van der Waals surface area contributed by atoms with Crippen LogP contribution in [0.25, 0.3) is 5.69 Å². The third-order valence-corrected chi connectivity index (χ3v) is 6.69. The van der Waals surface area contributed by atoms with Gasteiger partial charge in [0.05, 0.1) is 22.8 Å². The predicted octanol–water partition coefficient (Wildman–Crippen LogP) is 1.29. The maximum atomic E-state index is 12.9. The number of nitrogens with one attached hydrogen (secondary N) is 2. The highest BCUT2D eigenvalue weighted by atomic mass is 35.5. The third kappa shape index (κ3) is 4.43. The Hall–Kier alpha value is -3.28. The molecule has 0 spiro atoms. The van der Waals surface area contributed by atoms with E-state index in [0.29, 0.717) is 16.4 Å². The van der Waals surface area contributed by atoms with Gasteiger partial charge in [-0.05, 0) is 36.4 Å². The number of piperazine rings is 1. The van der Waals surface area contributed by atoms with E-state index in [4.69, 9.17) is 11.6 Å². The zero-order valence-electron chi connectivity index (χ0n) is 16.0. The molecule has 31 heavy (non-hydrogen) atoms. The molecule has 1 fully saturated rings. The van der Waals surface area contributed by atoms with Crippen LogP contribution in [0.15, 0.2) is 60.0 Å². The largest absolute Gasteiger partial charge is 0.354 e. The second-order valence-electron chi connectivity index (χ2n) is 6.67. The van der Waals surface area contributed by atoms with E-state index >= 15 is 0 Å². The Morgan fingerprint density at radius 1 is 1.19 bits per heavy atom. The monoisotopic (exact) mass is 460 g/mol. The van der Waals surface area contributed by atoms with Gasteiger partial charge >= 0.3 is 0 Å². The van der Waals surface area contributed by atoms with Gasteiger partial charge in [0.2, 0.25) is 15.9 Å². The number of aromatic nitrogens is 3. The summed E-state index contributed by atoms with van der Waals surface area (Å²) >= 11 is 6.08. The van der Waals surface area contributed by atoms with E-state index in [-0.39, 0.29) is 36.0 Å². The first-order valence-corrected chi connectivity index (χ1v) is 11.0. The van der Waals surface area contributed by atoms with Gasteiger partial charge in [0.25, 0.3) is 5.91 Å². The molecule has 10 nitrogen and oxygen atoms in total. The molecule has 2 heterocycles. The minimum absolute atomic E-state index is 0.0718. The molecule has 160 valence electrons. The van der Waals surface area contributed by atoms with Crippen LogP contribution in [0.4, 0.5) is 5.69 Å². The van der Waals surface area contributed by atoms with E-state index in [9.17, 15) is 18.0 Å². The standard InChI is InChI=1S/C19H17ClN6O4S/c20-14-4-5-17(26-12-21-11-23-26)16(9-14)24-19(28)13-2-1-3-15(8-13)31(29,30)25-7-6-22-18(27)10-25/h1-5,8-9,11-12H,6-7,10H2,(H,22,27)(H,24,28). The lowest BCUT2D eigenvalue weighted by molar-refractivity contribution is -0.122. The Labute approximate surface area is 182 Å². The van der Waals surface area contributed by atoms with Crippen molar-refractivity contribution >= 4 is 39.1 Å². The lowest BCUT2D eigenvalue weighted by Crippen LogP contribution is -2.49. The van der Waals surface area contributed by atoms with Crippen LogP contribution in [0.1, 0.15) is 10.4 Å². The fraction of sp³-hybridized carbons (Fsp3) is 0.158. The summed E-state index contributed by atoms with van der Waals surface area (Å²) in [4.78, 5) is 28.3. The predicted molar refractivity (Wildman–Crippen MR) is 113 cm³/mol. The van der Waals surface area contributed by atoms with Crippen molar-refractivity contribution in [3.63, 3.8) is 0 Å². The first kappa shape index (κ1) is 21.0. The number of nitrogens with zero attached hydrogens (tertiary/aromatic N) is 4. The Kier molecular flexibility index (Phi) is 5.72. The quantitative estimate of drug-likeness (QED) is 0.590. The van der Waals surface area contributed by atoms with Crippen LogP contribution in [0.2, 0.25) is 5.02 Å². The number of halogens is 1. The van der Waals surface area contributed by atoms with E-state index in [2.05, 4.69) is 20.7 Å². The number of amides is 2. The first-order valence-electron chi connectivity index (χ1n) is 9.17. The molecule has 0 aliphatic carbocycles. The normalized spacial score (nSPS) is 14.8. The van der Waals surface area contributed by atoms with Gasteiger partial charge in [0.1, 0.15) is 12.7 Å². The van der Waals surface area contributed by atoms with Gasteiger partial charge in [-0.2, -0.15) is 9.40 Å². The molecule has 4 rings (SSSR count). The van der Waals surface area contributed by atoms with Crippen LogP contribution in [-0.4, -0.2) is 58.9 Å². The number of sulfonamides is 1. The van der Waals surface area contributed by atoms with Crippen molar-refractivity contribution in [2.75, 3.05) is 25.0 Å². The molecule has 0 radical (unpaired) electrons. The number of rotatable bonds is 5. The molecule has 2 N–H and O–H groups in total. The topological polar surface area (TPSA) is 126 Å². The summed E-state index contributed by atoms with van der Waals surface area (Å²) in [5.41, 5.74) is 1.05. The Morgan fingerprint density at radius 3 is 2.77 bits per heavy atom. The van der Waals surface area contributed by atoms with Crippen molar-refractivity contribution in [2.45, 2.75) is 4.90 Å². The van der Waals surface area contributed by atoms with Crippen molar-refractivity contribution in [3.05, 3.63) is 65.7 Å². The van der Waals surface area contributed by atoms with Crippen LogP contribution in [0.5, 0.6) is 0 Å². The van der Waals surface area contributed by atoms with E-state index in [0.717, 1.165) is 4.31 Å². The molecule has 1 saturated heterocycles. The SMILES string of the molecule is O=C1CN(S(=O)(=O)c2cccc(C(=O)Nc3cc(Cl)ccc3-n3cncn3)c2)CCN1. The van der Waals surface area contributed by atoms with Gasteiger partial charge in [0.15, 0.2) is 0 Å². The fourth-order valence-electron chi connectivity index (χ4n) is 3.10. The van der Waals surface area contributed by atoms with Crippen LogP contribution >= 0.6 is 11.6 Å². The highest BCUT2D eigenvalue weighted by Gasteiger charge is 2.29. The lowest BCUT2D eigenvalue weighted by Gasteiger charge is -2.26. The summed E-state index contributed by atoms with van der Waals surface area (Å²) in [5.74, 6) is -0.901. The minimum atomic E-state index is -3.93. The van der Waals surface area contributed by atoms with Gasteiger partial charge in [-0.15, -0.1) is 0 Å². The molecule has 1 aliphatic rings. The van der Waals surface area contributed by atoms with E-state index < -0.39 is 15.9 Å². The Morgan fingerprint density at radius 2 is 2.03 bits per heavy atom. The number of anilines is 1. The maximum Gasteiger partial charge on any atom is 0.255 e. The van der Waals surface area contributed by atoms with Crippen LogP contribution in [0.3, 0.4) is 0 Å². The highest BCUT2D eigenvalue weighted by molar-refractivity contribution is 7.89. The Balaban J connectivity index is 1.61. The number of hydrogen-bond acceptors (Lipinski definition) is 6. The summed E-state index contributed by atoms with van der Waals surface area (Å²) in [6.45, 7) is 0.134. The minimum Gasteiger partial charge on any atom is -0.354 e. The van der Waals surface area contributed by atoms with Crippen LogP contribution in [0, 0.1) is 0 Å². The molecule has 0 unspecified atom stereocenters. The molecule has 1 aliphatic heterocycles. The molecule has 0 atom stereocenters. The average Bonchev–Trinajstić information content (AvgIpc) is 3.28. The van der Waals surface area contributed by atoms with Crippen molar-refractivity contribution in [1.82, 2.24) is 24.4 Å². The number of hydrogen-bond donors (Lipinski definition) is 2. The summed E-state index contributed by atoms with van der Waals surface area (Å²) in [5, 5.41) is 9.78. The summed E-state index contributed by atoms with van der Waals surface area (Å²) < 4.78 is 28.3. The summed E-state index contributed by atoms with van der Waals surface area (Å²) in [6, 6.07) is 10.5. The average molecular weight is 461 g/mol. The number of carbonyl (C=O) groups is 2. The van der Waals surface area contributed by atoms with Gasteiger partial charge < -0.3 is 10.6 Å². The molecule has 2 aromatic carbocycles. The summed E-state index contributed by atoms with van der Waals surface area (Å²) in [6.07, 6.45) is 2.83. The van der Waals surface area contributed by atoms with E-state index in [1.165, 1.54) is 41.6 Å². The molecule has 12 heteroatoms. The highest BCUT2D eigenvalue weighted by Crippen LogP contribution is 2.25. The van der Waals surface area contributed by atoms with Gasteiger partial charge in [-0.3, -0.25) is 9.59 Å². The van der Waals surface area contributed by atoms with Crippen LogP contribution in [-0.2, 0) is 14.8 Å². The first-order chi connectivity index (χ1) is 14.8. The molecule has 0 bridgehead atoms. The summed E-state index contributed by atoms with van der Waals surface area (Å²) in [7, 11) is -3.93. The molecular formula is C19H17ClN6O4S. The molecule has 0 saturated carbocycles. The van der Waals surface area contributed by atoms with Gasteiger partial charge in [-0.25, -0.2) is 18.1 Å². The number of benzene rings is 2. The van der Waals surface area contributed by atoms with Gasteiger partial charge in [0, 0.05) is 23.7 Å². The van der Waals surface area contributed by atoms with Crippen molar-refractivity contribution in [1.29, 1.82) is 0 Å². The van der Waals surface area contributed by atoms with E-state index in [1.807, 2.05) is 0 Å². The third-order valence-electron chi connectivity index (χ3n) is 4.61. The molecule has 2 amide bonds. The second-order valence-corrected chi connectivity index (χ2v) is 9.05. The zero-order chi connectivity index (χ0) is 22.0. The molecular weight excluding hydrogens is 444 g/mol. The fourth-order valence-corrected chi connectivity index (χ4v) is 4.72. The lowest BCUT2D eigenvalue weighted by atomic mass is 10.2. The van der Waals surface area contributed by atoms with Crippen molar-refractivity contribution in [3.8, 4) is 5.69 Å². The molecule has 3 aromatic rings.